The van der Waals surface area contributed by atoms with Crippen LogP contribution in [0.25, 0.3) is 0 Å². The van der Waals surface area contributed by atoms with E-state index in [1.165, 1.54) is 31.2 Å². The fraction of sp³-hybridized carbons (Fsp3) is 0.474. The lowest BCUT2D eigenvalue weighted by atomic mass is 9.78. The summed E-state index contributed by atoms with van der Waals surface area (Å²) in [6, 6.07) is 8.65. The second kappa shape index (κ2) is 7.94. The molecule has 2 rings (SSSR count). The predicted octanol–water partition coefficient (Wildman–Crippen LogP) is 5.84. The van der Waals surface area contributed by atoms with Crippen LogP contribution in [0.3, 0.4) is 0 Å². The molecule has 0 radical (unpaired) electrons. The van der Waals surface area contributed by atoms with Crippen molar-refractivity contribution in [3.8, 4) is 5.75 Å². The summed E-state index contributed by atoms with van der Waals surface area (Å²) >= 11 is 0. The first-order valence-corrected chi connectivity index (χ1v) is 7.88. The van der Waals surface area contributed by atoms with Crippen molar-refractivity contribution >= 4 is 0 Å². The molecule has 1 aliphatic rings. The van der Waals surface area contributed by atoms with Crippen LogP contribution in [0.1, 0.15) is 57.4 Å². The summed E-state index contributed by atoms with van der Waals surface area (Å²) in [6.07, 6.45) is 14.6. The van der Waals surface area contributed by atoms with Crippen molar-refractivity contribution in [3.05, 3.63) is 54.3 Å². The van der Waals surface area contributed by atoms with Crippen molar-refractivity contribution in [2.75, 3.05) is 0 Å². The predicted molar refractivity (Wildman–Crippen MR) is 86.0 cm³/mol. The third-order valence-electron chi connectivity index (χ3n) is 4.12. The first-order valence-electron chi connectivity index (χ1n) is 7.88. The molecule has 0 N–H and O–H groups in total. The second-order valence-electron chi connectivity index (χ2n) is 5.60. The number of ether oxygens (including phenoxy) is 1. The molecule has 1 aliphatic carbocycles. The summed E-state index contributed by atoms with van der Waals surface area (Å²) in [5.41, 5.74) is 1.47. The van der Waals surface area contributed by atoms with Crippen molar-refractivity contribution in [1.82, 2.24) is 0 Å². The van der Waals surface area contributed by atoms with E-state index in [9.17, 15) is 0 Å². The maximum atomic E-state index is 5.55. The zero-order chi connectivity index (χ0) is 14.2. The Morgan fingerprint density at radius 2 is 1.80 bits per heavy atom. The van der Waals surface area contributed by atoms with Crippen molar-refractivity contribution in [2.24, 2.45) is 5.92 Å². The molecule has 0 heterocycles. The Bertz CT molecular complexity index is 433. The van der Waals surface area contributed by atoms with Crippen LogP contribution in [-0.2, 0) is 0 Å². The first-order chi connectivity index (χ1) is 9.83. The van der Waals surface area contributed by atoms with Crippen LogP contribution in [-0.4, -0.2) is 0 Å². The van der Waals surface area contributed by atoms with Gasteiger partial charge in [-0.05, 0) is 74.6 Å². The van der Waals surface area contributed by atoms with E-state index in [0.717, 1.165) is 24.0 Å². The molecule has 0 bridgehead atoms. The van der Waals surface area contributed by atoms with Gasteiger partial charge in [0.2, 0.25) is 0 Å². The van der Waals surface area contributed by atoms with Gasteiger partial charge in [-0.1, -0.05) is 31.2 Å². The van der Waals surface area contributed by atoms with E-state index in [0.29, 0.717) is 0 Å². The van der Waals surface area contributed by atoms with E-state index < -0.39 is 0 Å². The number of hydrogen-bond acceptors (Lipinski definition) is 1. The van der Waals surface area contributed by atoms with Crippen LogP contribution in [0, 0.1) is 5.92 Å². The fourth-order valence-electron chi connectivity index (χ4n) is 2.96. The minimum Gasteiger partial charge on any atom is -0.465 e. The van der Waals surface area contributed by atoms with E-state index in [-0.39, 0.29) is 0 Å². The molecule has 0 aliphatic heterocycles. The molecule has 0 unspecified atom stereocenters. The highest BCUT2D eigenvalue weighted by Gasteiger charge is 2.20. The molecule has 1 fully saturated rings. The van der Waals surface area contributed by atoms with Gasteiger partial charge in [-0.2, -0.15) is 0 Å². The van der Waals surface area contributed by atoms with Crippen LogP contribution in [0.15, 0.2) is 48.8 Å². The highest BCUT2D eigenvalue weighted by Crippen LogP contribution is 2.36. The van der Waals surface area contributed by atoms with E-state index >= 15 is 0 Å². The maximum absolute atomic E-state index is 5.55. The van der Waals surface area contributed by atoms with Crippen LogP contribution in [0.5, 0.6) is 5.75 Å². The van der Waals surface area contributed by atoms with E-state index in [1.807, 2.05) is 6.08 Å². The maximum Gasteiger partial charge on any atom is 0.126 e. The molecule has 1 heteroatoms. The average Bonchev–Trinajstić information content (AvgIpc) is 2.49. The highest BCUT2D eigenvalue weighted by atomic mass is 16.5. The monoisotopic (exact) mass is 270 g/mol. The summed E-state index contributed by atoms with van der Waals surface area (Å²) in [6.45, 7) is 4.23. The molecule has 0 amide bonds. The molecule has 108 valence electrons. The quantitative estimate of drug-likeness (QED) is 0.482. The number of allylic oxidation sites excluding steroid dienone is 3. The molecule has 0 aromatic heterocycles. The van der Waals surface area contributed by atoms with Gasteiger partial charge in [0.25, 0.3) is 0 Å². The third-order valence-corrected chi connectivity index (χ3v) is 4.12. The average molecular weight is 270 g/mol. The smallest absolute Gasteiger partial charge is 0.126 e. The Balaban J connectivity index is 1.89. The second-order valence-corrected chi connectivity index (χ2v) is 5.60. The minimum atomic E-state index is 0.733. The van der Waals surface area contributed by atoms with Gasteiger partial charge in [-0.3, -0.25) is 0 Å². The van der Waals surface area contributed by atoms with Crippen molar-refractivity contribution in [2.45, 2.75) is 51.9 Å². The summed E-state index contributed by atoms with van der Waals surface area (Å²) in [5, 5.41) is 0. The molecular weight excluding hydrogens is 244 g/mol. The van der Waals surface area contributed by atoms with Gasteiger partial charge in [-0.25, -0.2) is 0 Å². The van der Waals surface area contributed by atoms with Crippen molar-refractivity contribution in [1.29, 1.82) is 0 Å². The van der Waals surface area contributed by atoms with Crippen LogP contribution < -0.4 is 4.74 Å². The lowest BCUT2D eigenvalue weighted by Crippen LogP contribution is -2.11. The Morgan fingerprint density at radius 3 is 2.40 bits per heavy atom. The topological polar surface area (TPSA) is 9.23 Å². The Kier molecular flexibility index (Phi) is 5.91. The van der Waals surface area contributed by atoms with Crippen molar-refractivity contribution < 1.29 is 4.74 Å². The molecule has 1 aromatic carbocycles. The van der Waals surface area contributed by atoms with Gasteiger partial charge < -0.3 is 4.74 Å². The van der Waals surface area contributed by atoms with E-state index in [2.05, 4.69) is 50.3 Å². The summed E-state index contributed by atoms with van der Waals surface area (Å²) in [4.78, 5) is 0. The zero-order valence-electron chi connectivity index (χ0n) is 12.7. The zero-order valence-corrected chi connectivity index (χ0v) is 12.7. The minimum absolute atomic E-state index is 0.733. The lowest BCUT2D eigenvalue weighted by molar-refractivity contribution is 0.375. The van der Waals surface area contributed by atoms with E-state index in [1.54, 1.807) is 6.26 Å². The number of hydrogen-bond donors (Lipinski definition) is 0. The number of benzene rings is 1. The Hall–Kier alpha value is -1.50. The van der Waals surface area contributed by atoms with E-state index in [4.69, 9.17) is 4.74 Å². The molecule has 0 atom stereocenters. The Labute approximate surface area is 123 Å². The molecule has 1 saturated carbocycles. The van der Waals surface area contributed by atoms with Gasteiger partial charge in [0.1, 0.15) is 5.75 Å². The molecule has 0 saturated heterocycles. The van der Waals surface area contributed by atoms with Gasteiger partial charge >= 0.3 is 0 Å². The molecule has 1 aromatic rings. The summed E-state index contributed by atoms with van der Waals surface area (Å²) in [7, 11) is 0. The third kappa shape index (κ3) is 4.26. The molecular formula is C19H26O. The van der Waals surface area contributed by atoms with Crippen LogP contribution in [0.2, 0.25) is 0 Å². The summed E-state index contributed by atoms with van der Waals surface area (Å²) < 4.78 is 5.55. The first kappa shape index (κ1) is 14.9. The van der Waals surface area contributed by atoms with Gasteiger partial charge in [0.05, 0.1) is 6.26 Å². The Morgan fingerprint density at radius 1 is 1.10 bits per heavy atom. The number of rotatable bonds is 5. The fourth-order valence-corrected chi connectivity index (χ4v) is 2.96. The standard InChI is InChI=1S/C19H26O/c1-3-5-15-20-19-13-11-18(12-14-19)17-9-7-16(6-4-2)8-10-17/h4-6,11-17H,3,7-10H2,1-2H3/b6-4+,15-5+. The molecule has 20 heavy (non-hydrogen) atoms. The van der Waals surface area contributed by atoms with Crippen LogP contribution in [0.4, 0.5) is 0 Å². The van der Waals surface area contributed by atoms with Gasteiger partial charge in [-0.15, -0.1) is 0 Å². The molecule has 0 spiro atoms. The van der Waals surface area contributed by atoms with Crippen molar-refractivity contribution in [3.63, 3.8) is 0 Å². The largest absolute Gasteiger partial charge is 0.465 e. The molecule has 1 nitrogen and oxygen atoms in total. The normalized spacial score (nSPS) is 23.5. The highest BCUT2D eigenvalue weighted by molar-refractivity contribution is 5.30. The summed E-state index contributed by atoms with van der Waals surface area (Å²) in [5.74, 6) is 2.47. The van der Waals surface area contributed by atoms with Gasteiger partial charge in [0.15, 0.2) is 0 Å². The SMILES string of the molecule is C/C=C/C1CCC(c2ccc(O/C=C/CC)cc2)CC1. The lowest BCUT2D eigenvalue weighted by Gasteiger charge is -2.27. The van der Waals surface area contributed by atoms with Crippen LogP contribution >= 0.6 is 0 Å². The van der Waals surface area contributed by atoms with Gasteiger partial charge in [0, 0.05) is 0 Å².